The maximum Gasteiger partial charge on any atom is 0.263 e. The molecule has 2 N–H and O–H groups in total. The molecule has 0 aliphatic rings. The predicted molar refractivity (Wildman–Crippen MR) is 119 cm³/mol. The SMILES string of the molecule is CCc1ccccc1OCC(=O)Nc1ccc(S(=O)(=O)Nc2cc(C)nc(C)n2)cc1. The van der Waals surface area contributed by atoms with Gasteiger partial charge in [-0.05, 0) is 56.2 Å². The topological polar surface area (TPSA) is 110 Å². The molecule has 1 heterocycles. The highest BCUT2D eigenvalue weighted by Crippen LogP contribution is 2.19. The van der Waals surface area contributed by atoms with Crippen LogP contribution in [-0.4, -0.2) is 30.9 Å². The van der Waals surface area contributed by atoms with Gasteiger partial charge < -0.3 is 10.1 Å². The van der Waals surface area contributed by atoms with E-state index >= 15 is 0 Å². The van der Waals surface area contributed by atoms with Gasteiger partial charge in [-0.1, -0.05) is 25.1 Å². The van der Waals surface area contributed by atoms with Crippen molar-refractivity contribution in [3.05, 3.63) is 71.7 Å². The number of para-hydroxylation sites is 1. The number of anilines is 2. The van der Waals surface area contributed by atoms with Crippen molar-refractivity contribution in [1.82, 2.24) is 9.97 Å². The molecule has 2 aromatic carbocycles. The monoisotopic (exact) mass is 440 g/mol. The van der Waals surface area contributed by atoms with Crippen molar-refractivity contribution in [2.45, 2.75) is 32.1 Å². The van der Waals surface area contributed by atoms with E-state index in [2.05, 4.69) is 20.0 Å². The molecule has 8 nitrogen and oxygen atoms in total. The Morgan fingerprint density at radius 1 is 1.03 bits per heavy atom. The van der Waals surface area contributed by atoms with Crippen LogP contribution >= 0.6 is 0 Å². The summed E-state index contributed by atoms with van der Waals surface area (Å²) >= 11 is 0. The van der Waals surface area contributed by atoms with Gasteiger partial charge in [0, 0.05) is 17.4 Å². The van der Waals surface area contributed by atoms with Crippen LogP contribution < -0.4 is 14.8 Å². The first-order chi connectivity index (χ1) is 14.8. The van der Waals surface area contributed by atoms with Crippen LogP contribution in [0.15, 0.2) is 59.5 Å². The number of hydrogen-bond acceptors (Lipinski definition) is 6. The number of hydrogen-bond donors (Lipinski definition) is 2. The van der Waals surface area contributed by atoms with Crippen LogP contribution in [0, 0.1) is 13.8 Å². The van der Waals surface area contributed by atoms with Gasteiger partial charge in [-0.2, -0.15) is 0 Å². The molecule has 9 heteroatoms. The standard InChI is InChI=1S/C22H24N4O4S/c1-4-17-7-5-6-8-20(17)30-14-22(27)25-18-9-11-19(12-10-18)31(28,29)26-21-13-15(2)23-16(3)24-21/h5-13H,4,14H2,1-3H3,(H,25,27)(H,23,24,26). The Hall–Kier alpha value is -3.46. The molecule has 0 aliphatic carbocycles. The molecule has 0 bridgehead atoms. The summed E-state index contributed by atoms with van der Waals surface area (Å²) in [6.07, 6.45) is 0.802. The van der Waals surface area contributed by atoms with Crippen molar-refractivity contribution in [3.63, 3.8) is 0 Å². The van der Waals surface area contributed by atoms with Gasteiger partial charge in [-0.15, -0.1) is 0 Å². The zero-order valence-electron chi connectivity index (χ0n) is 17.5. The Morgan fingerprint density at radius 3 is 2.42 bits per heavy atom. The fourth-order valence-electron chi connectivity index (χ4n) is 2.96. The lowest BCUT2D eigenvalue weighted by molar-refractivity contribution is -0.118. The summed E-state index contributed by atoms with van der Waals surface area (Å²) in [5.41, 5.74) is 2.14. The number of carbonyl (C=O) groups excluding carboxylic acids is 1. The van der Waals surface area contributed by atoms with Crippen molar-refractivity contribution in [3.8, 4) is 5.75 Å². The van der Waals surface area contributed by atoms with E-state index in [1.807, 2.05) is 31.2 Å². The number of sulfonamides is 1. The summed E-state index contributed by atoms with van der Waals surface area (Å²) in [5, 5.41) is 2.69. The summed E-state index contributed by atoms with van der Waals surface area (Å²) in [7, 11) is -3.82. The third kappa shape index (κ3) is 6.02. The van der Waals surface area contributed by atoms with Crippen LogP contribution in [0.5, 0.6) is 5.75 Å². The van der Waals surface area contributed by atoms with Gasteiger partial charge in [-0.3, -0.25) is 9.52 Å². The van der Waals surface area contributed by atoms with Crippen molar-refractivity contribution in [2.75, 3.05) is 16.6 Å². The van der Waals surface area contributed by atoms with E-state index < -0.39 is 10.0 Å². The molecular weight excluding hydrogens is 416 g/mol. The van der Waals surface area contributed by atoms with E-state index in [0.717, 1.165) is 12.0 Å². The van der Waals surface area contributed by atoms with Crippen LogP contribution in [-0.2, 0) is 21.2 Å². The highest BCUT2D eigenvalue weighted by Gasteiger charge is 2.16. The highest BCUT2D eigenvalue weighted by atomic mass is 32.2. The molecule has 0 radical (unpaired) electrons. The lowest BCUT2D eigenvalue weighted by Crippen LogP contribution is -2.20. The molecule has 1 aromatic heterocycles. The van der Waals surface area contributed by atoms with E-state index in [-0.39, 0.29) is 23.2 Å². The number of carbonyl (C=O) groups is 1. The minimum atomic E-state index is -3.82. The smallest absolute Gasteiger partial charge is 0.263 e. The predicted octanol–water partition coefficient (Wildman–Crippen LogP) is 3.47. The largest absolute Gasteiger partial charge is 0.483 e. The zero-order valence-corrected chi connectivity index (χ0v) is 18.4. The summed E-state index contributed by atoms with van der Waals surface area (Å²) < 4.78 is 33.2. The number of ether oxygens (including phenoxy) is 1. The quantitative estimate of drug-likeness (QED) is 0.555. The average molecular weight is 441 g/mol. The molecule has 162 valence electrons. The molecule has 31 heavy (non-hydrogen) atoms. The highest BCUT2D eigenvalue weighted by molar-refractivity contribution is 7.92. The second-order valence-corrected chi connectivity index (χ2v) is 8.55. The number of aromatic nitrogens is 2. The Labute approximate surface area is 181 Å². The summed E-state index contributed by atoms with van der Waals surface area (Å²) in [5.74, 6) is 1.00. The summed E-state index contributed by atoms with van der Waals surface area (Å²) in [6.45, 7) is 5.31. The average Bonchev–Trinajstić information content (AvgIpc) is 2.71. The Balaban J connectivity index is 1.62. The normalized spacial score (nSPS) is 11.1. The van der Waals surface area contributed by atoms with E-state index in [9.17, 15) is 13.2 Å². The Kier molecular flexibility index (Phi) is 6.86. The molecule has 3 rings (SSSR count). The Bertz CT molecular complexity index is 1160. The molecule has 0 saturated carbocycles. The van der Waals surface area contributed by atoms with Gasteiger partial charge in [0.2, 0.25) is 0 Å². The van der Waals surface area contributed by atoms with Crippen LogP contribution in [0.25, 0.3) is 0 Å². The van der Waals surface area contributed by atoms with Gasteiger partial charge in [-0.25, -0.2) is 18.4 Å². The summed E-state index contributed by atoms with van der Waals surface area (Å²) in [4.78, 5) is 20.5. The minimum absolute atomic E-state index is 0.0486. The van der Waals surface area contributed by atoms with Crippen molar-refractivity contribution in [1.29, 1.82) is 0 Å². The van der Waals surface area contributed by atoms with E-state index in [1.54, 1.807) is 19.9 Å². The number of rotatable bonds is 8. The second kappa shape index (κ2) is 9.57. The molecule has 0 atom stereocenters. The van der Waals surface area contributed by atoms with Gasteiger partial charge in [0.1, 0.15) is 17.4 Å². The molecule has 0 fully saturated rings. The maximum absolute atomic E-state index is 12.6. The number of amides is 1. The zero-order chi connectivity index (χ0) is 22.4. The van der Waals surface area contributed by atoms with E-state index in [1.165, 1.54) is 24.3 Å². The molecule has 0 saturated heterocycles. The van der Waals surface area contributed by atoms with E-state index in [0.29, 0.717) is 23.0 Å². The van der Waals surface area contributed by atoms with Gasteiger partial charge >= 0.3 is 0 Å². The number of nitrogens with zero attached hydrogens (tertiary/aromatic N) is 2. The molecule has 0 aliphatic heterocycles. The van der Waals surface area contributed by atoms with Crippen LogP contribution in [0.4, 0.5) is 11.5 Å². The molecule has 3 aromatic rings. The maximum atomic E-state index is 12.6. The third-order valence-electron chi connectivity index (χ3n) is 4.37. The molecular formula is C22H24N4O4S. The first kappa shape index (κ1) is 22.2. The molecule has 0 spiro atoms. The Morgan fingerprint density at radius 2 is 1.74 bits per heavy atom. The molecule has 0 unspecified atom stereocenters. The first-order valence-corrected chi connectivity index (χ1v) is 11.2. The number of nitrogens with one attached hydrogen (secondary N) is 2. The van der Waals surface area contributed by atoms with Gasteiger partial charge in [0.05, 0.1) is 4.90 Å². The lowest BCUT2D eigenvalue weighted by atomic mass is 10.1. The fourth-order valence-corrected chi connectivity index (χ4v) is 3.95. The number of aryl methyl sites for hydroxylation is 3. The van der Waals surface area contributed by atoms with Crippen LogP contribution in [0.1, 0.15) is 24.0 Å². The summed E-state index contributed by atoms with van der Waals surface area (Å²) in [6, 6.07) is 14.9. The van der Waals surface area contributed by atoms with E-state index in [4.69, 9.17) is 4.74 Å². The van der Waals surface area contributed by atoms with Gasteiger partial charge in [0.25, 0.3) is 15.9 Å². The first-order valence-electron chi connectivity index (χ1n) is 9.72. The van der Waals surface area contributed by atoms with Crippen LogP contribution in [0.3, 0.4) is 0 Å². The fraction of sp³-hybridized carbons (Fsp3) is 0.227. The van der Waals surface area contributed by atoms with Crippen molar-refractivity contribution >= 4 is 27.4 Å². The van der Waals surface area contributed by atoms with Gasteiger partial charge in [0.15, 0.2) is 6.61 Å². The lowest BCUT2D eigenvalue weighted by Gasteiger charge is -2.11. The minimum Gasteiger partial charge on any atom is -0.483 e. The van der Waals surface area contributed by atoms with Crippen LogP contribution in [0.2, 0.25) is 0 Å². The second-order valence-electron chi connectivity index (χ2n) is 6.87. The third-order valence-corrected chi connectivity index (χ3v) is 5.74. The van der Waals surface area contributed by atoms with Crippen molar-refractivity contribution < 1.29 is 17.9 Å². The molecule has 1 amide bonds. The number of benzene rings is 2. The van der Waals surface area contributed by atoms with Crippen molar-refractivity contribution in [2.24, 2.45) is 0 Å².